The molecule has 0 aliphatic rings. The molecule has 0 saturated carbocycles. The van der Waals surface area contributed by atoms with Gasteiger partial charge in [-0.2, -0.15) is 0 Å². The first-order valence-corrected chi connectivity index (χ1v) is 11.5. The highest BCUT2D eigenvalue weighted by Gasteiger charge is 2.11. The number of benzene rings is 1. The maximum Gasteiger partial charge on any atom is 0.118 e. The Labute approximate surface area is 172 Å². The van der Waals surface area contributed by atoms with E-state index in [1.807, 2.05) is 0 Å². The van der Waals surface area contributed by atoms with Gasteiger partial charge >= 0.3 is 0 Å². The van der Waals surface area contributed by atoms with Gasteiger partial charge in [-0.15, -0.1) is 0 Å². The second-order valence-electron chi connectivity index (χ2n) is 7.91. The fraction of sp³-hybridized carbons (Fsp3) is 0.680. The van der Waals surface area contributed by atoms with Gasteiger partial charge in [-0.25, -0.2) is 4.89 Å². The van der Waals surface area contributed by atoms with Gasteiger partial charge in [-0.3, -0.25) is 5.26 Å². The van der Waals surface area contributed by atoms with Gasteiger partial charge in [0.2, 0.25) is 0 Å². The number of phenolic OH excluding ortho intramolecular Hbond substituents is 1. The second-order valence-corrected chi connectivity index (χ2v) is 7.91. The highest BCUT2D eigenvalue weighted by Crippen LogP contribution is 2.25. The van der Waals surface area contributed by atoms with Crippen molar-refractivity contribution in [1.29, 1.82) is 0 Å². The quantitative estimate of drug-likeness (QED) is 0.115. The molecule has 2 N–H and O–H groups in total. The lowest BCUT2D eigenvalue weighted by molar-refractivity contribution is -0.283. The Hall–Kier alpha value is -1.32. The molecule has 1 aromatic rings. The van der Waals surface area contributed by atoms with E-state index in [1.54, 1.807) is 24.3 Å². The predicted molar refractivity (Wildman–Crippen MR) is 119 cm³/mol. The van der Waals surface area contributed by atoms with Crippen LogP contribution in [0, 0.1) is 0 Å². The predicted octanol–water partition coefficient (Wildman–Crippen LogP) is 8.35. The zero-order valence-corrected chi connectivity index (χ0v) is 18.0. The molecule has 1 aromatic carbocycles. The molecule has 0 saturated heterocycles. The van der Waals surface area contributed by atoms with Gasteiger partial charge in [0.15, 0.2) is 0 Å². The molecule has 160 valence electrons. The van der Waals surface area contributed by atoms with Gasteiger partial charge < -0.3 is 5.11 Å². The minimum atomic E-state index is -0.294. The molecule has 28 heavy (non-hydrogen) atoms. The third-order valence-corrected chi connectivity index (χ3v) is 5.37. The summed E-state index contributed by atoms with van der Waals surface area (Å²) in [7, 11) is 0. The van der Waals surface area contributed by atoms with E-state index in [-0.39, 0.29) is 11.9 Å². The molecule has 0 radical (unpaired) electrons. The summed E-state index contributed by atoms with van der Waals surface area (Å²) in [4.78, 5) is 4.61. The Morgan fingerprint density at radius 3 is 1.79 bits per heavy atom. The maximum absolute atomic E-state index is 9.33. The van der Waals surface area contributed by atoms with Crippen LogP contribution in [0.25, 0.3) is 0 Å². The van der Waals surface area contributed by atoms with Crippen molar-refractivity contribution in [2.24, 2.45) is 0 Å². The molecule has 3 heteroatoms. The molecule has 1 rings (SSSR count). The number of hydrogen-bond donors (Lipinski definition) is 2. The van der Waals surface area contributed by atoms with Crippen LogP contribution >= 0.6 is 0 Å². The van der Waals surface area contributed by atoms with Crippen LogP contribution in [0.15, 0.2) is 36.4 Å². The van der Waals surface area contributed by atoms with E-state index in [4.69, 9.17) is 5.26 Å². The van der Waals surface area contributed by atoms with Gasteiger partial charge in [-0.1, -0.05) is 95.4 Å². The van der Waals surface area contributed by atoms with E-state index < -0.39 is 0 Å². The van der Waals surface area contributed by atoms with Crippen molar-refractivity contribution in [3.63, 3.8) is 0 Å². The molecule has 3 nitrogen and oxygen atoms in total. The first kappa shape index (κ1) is 24.7. The topological polar surface area (TPSA) is 49.7 Å². The third kappa shape index (κ3) is 13.0. The molecule has 0 bridgehead atoms. The van der Waals surface area contributed by atoms with Crippen molar-refractivity contribution in [3.8, 4) is 5.75 Å². The average molecular weight is 391 g/mol. The Kier molecular flexibility index (Phi) is 15.7. The number of aromatic hydroxyl groups is 1. The first-order valence-electron chi connectivity index (χ1n) is 11.5. The Bertz CT molecular complexity index is 481. The maximum atomic E-state index is 9.33. The van der Waals surface area contributed by atoms with Crippen molar-refractivity contribution < 1.29 is 15.3 Å². The number of hydrogen-bond acceptors (Lipinski definition) is 3. The molecule has 0 spiro atoms. The van der Waals surface area contributed by atoms with E-state index in [2.05, 4.69) is 24.0 Å². The number of rotatable bonds is 18. The van der Waals surface area contributed by atoms with Gasteiger partial charge in [0.1, 0.15) is 11.9 Å². The third-order valence-electron chi connectivity index (χ3n) is 5.37. The molecule has 0 heterocycles. The highest BCUT2D eigenvalue weighted by atomic mass is 17.1. The normalized spacial score (nSPS) is 12.6. The van der Waals surface area contributed by atoms with Crippen molar-refractivity contribution in [2.75, 3.05) is 0 Å². The number of allylic oxidation sites excluding steroid dienone is 2. The van der Waals surface area contributed by atoms with E-state index in [1.165, 1.54) is 83.5 Å². The Morgan fingerprint density at radius 2 is 1.25 bits per heavy atom. The average Bonchev–Trinajstić information content (AvgIpc) is 2.71. The fourth-order valence-corrected chi connectivity index (χ4v) is 3.55. The van der Waals surface area contributed by atoms with Crippen molar-refractivity contribution in [1.82, 2.24) is 0 Å². The first-order chi connectivity index (χ1) is 13.8. The lowest BCUT2D eigenvalue weighted by Gasteiger charge is -2.13. The van der Waals surface area contributed by atoms with Crippen LogP contribution in [-0.2, 0) is 4.89 Å². The van der Waals surface area contributed by atoms with Crippen LogP contribution in [0.2, 0.25) is 0 Å². The van der Waals surface area contributed by atoms with Gasteiger partial charge in [0.25, 0.3) is 0 Å². The lowest BCUT2D eigenvalue weighted by atomic mass is 10.0. The summed E-state index contributed by atoms with van der Waals surface area (Å²) in [6.45, 7) is 2.27. The van der Waals surface area contributed by atoms with Gasteiger partial charge in [0.05, 0.1) is 0 Å². The van der Waals surface area contributed by atoms with E-state index >= 15 is 0 Å². The van der Waals surface area contributed by atoms with Crippen LogP contribution < -0.4 is 0 Å². The zero-order chi connectivity index (χ0) is 20.3. The summed E-state index contributed by atoms with van der Waals surface area (Å²) >= 11 is 0. The summed E-state index contributed by atoms with van der Waals surface area (Å²) in [6, 6.07) is 6.86. The monoisotopic (exact) mass is 390 g/mol. The summed E-state index contributed by atoms with van der Waals surface area (Å²) < 4.78 is 0. The lowest BCUT2D eigenvalue weighted by Crippen LogP contribution is -2.01. The van der Waals surface area contributed by atoms with Crippen LogP contribution in [-0.4, -0.2) is 10.4 Å². The molecule has 1 unspecified atom stereocenters. The summed E-state index contributed by atoms with van der Waals surface area (Å²) in [5.74, 6) is 0.234. The van der Waals surface area contributed by atoms with Crippen LogP contribution in [0.4, 0.5) is 0 Å². The number of unbranched alkanes of at least 4 members (excludes halogenated alkanes) is 12. The Morgan fingerprint density at radius 1 is 0.750 bits per heavy atom. The fourth-order valence-electron chi connectivity index (χ4n) is 3.55. The van der Waals surface area contributed by atoms with E-state index in [0.717, 1.165) is 18.4 Å². The minimum Gasteiger partial charge on any atom is -0.508 e. The molecular formula is C25H42O3. The van der Waals surface area contributed by atoms with Crippen LogP contribution in [0.5, 0.6) is 5.75 Å². The summed E-state index contributed by atoms with van der Waals surface area (Å²) in [5, 5.41) is 18.4. The van der Waals surface area contributed by atoms with Crippen molar-refractivity contribution in [2.45, 2.75) is 109 Å². The van der Waals surface area contributed by atoms with Crippen molar-refractivity contribution >= 4 is 0 Å². The zero-order valence-electron chi connectivity index (χ0n) is 18.0. The van der Waals surface area contributed by atoms with Crippen LogP contribution in [0.1, 0.15) is 115 Å². The Balaban J connectivity index is 1.90. The van der Waals surface area contributed by atoms with Gasteiger partial charge in [0, 0.05) is 0 Å². The smallest absolute Gasteiger partial charge is 0.118 e. The van der Waals surface area contributed by atoms with E-state index in [0.29, 0.717) is 0 Å². The summed E-state index contributed by atoms with van der Waals surface area (Å²) in [5.41, 5.74) is 0.910. The number of phenols is 1. The molecule has 0 amide bonds. The minimum absolute atomic E-state index is 0.234. The molecule has 0 aliphatic carbocycles. The molecule has 0 aromatic heterocycles. The second kappa shape index (κ2) is 17.8. The standard InChI is InChI=1S/C25H42O3/c1-2-3-4-5-6-7-8-9-10-11-12-13-14-15-16-17-18-25(28-27)23-19-21-24(26)22-20-23/h9-10,19-22,25-27H,2-8,11-18H2,1H3/b10-9-. The largest absolute Gasteiger partial charge is 0.508 e. The summed E-state index contributed by atoms with van der Waals surface area (Å²) in [6.07, 6.45) is 23.3. The van der Waals surface area contributed by atoms with Crippen molar-refractivity contribution in [3.05, 3.63) is 42.0 Å². The molecule has 1 atom stereocenters. The molecular weight excluding hydrogens is 348 g/mol. The molecule has 0 aliphatic heterocycles. The SMILES string of the molecule is CCCCCCCC/C=C\CCCCCCCCC(OO)c1ccc(O)cc1. The molecule has 0 fully saturated rings. The van der Waals surface area contributed by atoms with E-state index in [9.17, 15) is 5.11 Å². The van der Waals surface area contributed by atoms with Gasteiger partial charge in [-0.05, 0) is 49.8 Å². The highest BCUT2D eigenvalue weighted by molar-refractivity contribution is 5.27. The van der Waals surface area contributed by atoms with Crippen LogP contribution in [0.3, 0.4) is 0 Å².